The van der Waals surface area contributed by atoms with E-state index in [9.17, 15) is 4.79 Å². The van der Waals surface area contributed by atoms with Gasteiger partial charge < -0.3 is 5.32 Å². The van der Waals surface area contributed by atoms with Crippen LogP contribution in [0.3, 0.4) is 0 Å². The smallest absolute Gasteiger partial charge is 0.133 e. The third-order valence-electron chi connectivity index (χ3n) is 3.94. The summed E-state index contributed by atoms with van der Waals surface area (Å²) in [6.07, 6.45) is 5.34. The first kappa shape index (κ1) is 10.8. The minimum atomic E-state index is 0.401. The van der Waals surface area contributed by atoms with Crippen molar-refractivity contribution in [2.45, 2.75) is 38.0 Å². The molecular formula is C15H19NO. The highest BCUT2D eigenvalue weighted by molar-refractivity contribution is 5.80. The lowest BCUT2D eigenvalue weighted by Gasteiger charge is -2.08. The number of Topliss-reactive ketones (excluding diaryl/α,β-unsaturated/α-hetero) is 1. The fraction of sp³-hybridized carbons (Fsp3) is 0.533. The van der Waals surface area contributed by atoms with Crippen molar-refractivity contribution in [3.63, 3.8) is 0 Å². The van der Waals surface area contributed by atoms with Gasteiger partial charge in [-0.25, -0.2) is 0 Å². The number of benzene rings is 1. The molecule has 1 aromatic carbocycles. The minimum Gasteiger partial charge on any atom is -0.384 e. The van der Waals surface area contributed by atoms with Crippen LogP contribution in [0.15, 0.2) is 24.3 Å². The fourth-order valence-corrected chi connectivity index (χ4v) is 2.69. The first-order chi connectivity index (χ1) is 8.33. The largest absolute Gasteiger partial charge is 0.384 e. The standard InChI is InChI=1S/C15H19NO/c17-13(8-7-11-5-6-11)9-12-10-16-15-4-2-1-3-14(12)15/h1-4,11-12,16H,5-10H2. The second-order valence-electron chi connectivity index (χ2n) is 5.39. The summed E-state index contributed by atoms with van der Waals surface area (Å²) in [4.78, 5) is 11.9. The van der Waals surface area contributed by atoms with E-state index in [0.29, 0.717) is 11.7 Å². The van der Waals surface area contributed by atoms with Crippen LogP contribution in [-0.4, -0.2) is 12.3 Å². The van der Waals surface area contributed by atoms with Gasteiger partial charge in [-0.1, -0.05) is 31.0 Å². The van der Waals surface area contributed by atoms with Gasteiger partial charge in [-0.3, -0.25) is 4.79 Å². The van der Waals surface area contributed by atoms with E-state index in [1.165, 1.54) is 24.1 Å². The molecule has 0 amide bonds. The molecule has 0 spiro atoms. The lowest BCUT2D eigenvalue weighted by Crippen LogP contribution is -2.09. The average Bonchev–Trinajstić information content (AvgIpc) is 3.10. The van der Waals surface area contributed by atoms with Crippen molar-refractivity contribution >= 4 is 11.5 Å². The Morgan fingerprint density at radius 1 is 1.29 bits per heavy atom. The van der Waals surface area contributed by atoms with Crippen LogP contribution in [0, 0.1) is 5.92 Å². The van der Waals surface area contributed by atoms with Crippen LogP contribution >= 0.6 is 0 Å². The van der Waals surface area contributed by atoms with Gasteiger partial charge in [0.25, 0.3) is 0 Å². The summed E-state index contributed by atoms with van der Waals surface area (Å²) in [5.74, 6) is 1.71. The Bertz CT molecular complexity index is 423. The molecule has 0 bridgehead atoms. The van der Waals surface area contributed by atoms with Crippen molar-refractivity contribution in [2.75, 3.05) is 11.9 Å². The molecule has 0 saturated heterocycles. The van der Waals surface area contributed by atoms with E-state index in [4.69, 9.17) is 0 Å². The molecule has 1 unspecified atom stereocenters. The predicted octanol–water partition coefficient (Wildman–Crippen LogP) is 3.35. The molecule has 1 aliphatic heterocycles. The van der Waals surface area contributed by atoms with Gasteiger partial charge in [-0.2, -0.15) is 0 Å². The number of hydrogen-bond acceptors (Lipinski definition) is 2. The highest BCUT2D eigenvalue weighted by atomic mass is 16.1. The normalized spacial score (nSPS) is 22.0. The highest BCUT2D eigenvalue weighted by Gasteiger charge is 2.26. The summed E-state index contributed by atoms with van der Waals surface area (Å²) in [5, 5.41) is 3.38. The third-order valence-corrected chi connectivity index (χ3v) is 3.94. The van der Waals surface area contributed by atoms with Gasteiger partial charge in [-0.15, -0.1) is 0 Å². The lowest BCUT2D eigenvalue weighted by atomic mass is 9.94. The summed E-state index contributed by atoms with van der Waals surface area (Å²) in [7, 11) is 0. The molecule has 17 heavy (non-hydrogen) atoms. The predicted molar refractivity (Wildman–Crippen MR) is 69.3 cm³/mol. The monoisotopic (exact) mass is 229 g/mol. The second-order valence-corrected chi connectivity index (χ2v) is 5.39. The molecule has 1 aliphatic carbocycles. The van der Waals surface area contributed by atoms with E-state index in [-0.39, 0.29) is 0 Å². The molecule has 2 aliphatic rings. The van der Waals surface area contributed by atoms with Gasteiger partial charge in [0.2, 0.25) is 0 Å². The van der Waals surface area contributed by atoms with E-state index in [1.54, 1.807) is 0 Å². The second kappa shape index (κ2) is 4.52. The number of hydrogen-bond donors (Lipinski definition) is 1. The molecule has 1 saturated carbocycles. The van der Waals surface area contributed by atoms with Crippen LogP contribution in [0.1, 0.15) is 43.6 Å². The fourth-order valence-electron chi connectivity index (χ4n) is 2.69. The van der Waals surface area contributed by atoms with Gasteiger partial charge in [-0.05, 0) is 24.0 Å². The highest BCUT2D eigenvalue weighted by Crippen LogP contribution is 2.36. The number of para-hydroxylation sites is 1. The van der Waals surface area contributed by atoms with Crippen molar-refractivity contribution in [3.05, 3.63) is 29.8 Å². The lowest BCUT2D eigenvalue weighted by molar-refractivity contribution is -0.119. The van der Waals surface area contributed by atoms with Crippen molar-refractivity contribution in [1.82, 2.24) is 0 Å². The van der Waals surface area contributed by atoms with E-state index >= 15 is 0 Å². The van der Waals surface area contributed by atoms with Crippen molar-refractivity contribution in [1.29, 1.82) is 0 Å². The average molecular weight is 229 g/mol. The topological polar surface area (TPSA) is 29.1 Å². The summed E-state index contributed by atoms with van der Waals surface area (Å²) >= 11 is 0. The molecule has 0 radical (unpaired) electrons. The molecule has 1 aromatic rings. The zero-order chi connectivity index (χ0) is 11.7. The molecule has 2 nitrogen and oxygen atoms in total. The molecular weight excluding hydrogens is 210 g/mol. The van der Waals surface area contributed by atoms with Crippen molar-refractivity contribution in [3.8, 4) is 0 Å². The van der Waals surface area contributed by atoms with Crippen LogP contribution in [0.4, 0.5) is 5.69 Å². The minimum absolute atomic E-state index is 0.401. The van der Waals surface area contributed by atoms with Gasteiger partial charge >= 0.3 is 0 Å². The van der Waals surface area contributed by atoms with Crippen LogP contribution < -0.4 is 5.32 Å². The molecule has 1 N–H and O–H groups in total. The maximum atomic E-state index is 11.9. The Morgan fingerprint density at radius 2 is 2.12 bits per heavy atom. The number of nitrogens with one attached hydrogen (secondary N) is 1. The zero-order valence-electron chi connectivity index (χ0n) is 10.1. The van der Waals surface area contributed by atoms with Crippen molar-refractivity contribution in [2.24, 2.45) is 5.92 Å². The first-order valence-corrected chi connectivity index (χ1v) is 6.67. The maximum absolute atomic E-state index is 11.9. The Hall–Kier alpha value is -1.31. The number of carbonyl (C=O) groups excluding carboxylic acids is 1. The molecule has 0 aromatic heterocycles. The number of fused-ring (bicyclic) bond motifs is 1. The quantitative estimate of drug-likeness (QED) is 0.839. The Labute approximate surface area is 102 Å². The summed E-state index contributed by atoms with van der Waals surface area (Å²) < 4.78 is 0. The summed E-state index contributed by atoms with van der Waals surface area (Å²) in [6.45, 7) is 0.925. The van der Waals surface area contributed by atoms with Crippen molar-refractivity contribution < 1.29 is 4.79 Å². The summed E-state index contributed by atoms with van der Waals surface area (Å²) in [5.41, 5.74) is 2.54. The number of ketones is 1. The molecule has 1 fully saturated rings. The van der Waals surface area contributed by atoms with Gasteiger partial charge in [0.1, 0.15) is 5.78 Å². The SMILES string of the molecule is O=C(CCC1CC1)CC1CNc2ccccc21. The molecule has 1 heterocycles. The number of anilines is 1. The van der Waals surface area contributed by atoms with Crippen LogP contribution in [-0.2, 0) is 4.79 Å². The van der Waals surface area contributed by atoms with Gasteiger partial charge in [0.15, 0.2) is 0 Å². The van der Waals surface area contributed by atoms with Crippen LogP contribution in [0.25, 0.3) is 0 Å². The van der Waals surface area contributed by atoms with Crippen LogP contribution in [0.2, 0.25) is 0 Å². The molecule has 1 atom stereocenters. The summed E-state index contributed by atoms with van der Waals surface area (Å²) in [6, 6.07) is 8.36. The van der Waals surface area contributed by atoms with E-state index in [1.807, 2.05) is 6.07 Å². The Kier molecular flexibility index (Phi) is 2.87. The van der Waals surface area contributed by atoms with Gasteiger partial charge in [0, 0.05) is 31.0 Å². The molecule has 3 rings (SSSR count). The van der Waals surface area contributed by atoms with E-state index < -0.39 is 0 Å². The van der Waals surface area contributed by atoms with Gasteiger partial charge in [0.05, 0.1) is 0 Å². The molecule has 2 heteroatoms. The van der Waals surface area contributed by atoms with E-state index in [2.05, 4.69) is 23.5 Å². The number of carbonyl (C=O) groups is 1. The van der Waals surface area contributed by atoms with Crippen LogP contribution in [0.5, 0.6) is 0 Å². The maximum Gasteiger partial charge on any atom is 0.133 e. The Morgan fingerprint density at radius 3 is 2.94 bits per heavy atom. The number of rotatable bonds is 5. The third kappa shape index (κ3) is 2.51. The van der Waals surface area contributed by atoms with E-state index in [0.717, 1.165) is 31.7 Å². The Balaban J connectivity index is 1.56. The molecule has 90 valence electrons. The zero-order valence-corrected chi connectivity index (χ0v) is 10.1. The first-order valence-electron chi connectivity index (χ1n) is 6.67.